The molecule has 2 rings (SSSR count). The summed E-state index contributed by atoms with van der Waals surface area (Å²) in [7, 11) is 0. The second-order valence-electron chi connectivity index (χ2n) is 5.48. The Labute approximate surface area is 116 Å². The van der Waals surface area contributed by atoms with Gasteiger partial charge in [0.15, 0.2) is 0 Å². The molecule has 2 N–H and O–H groups in total. The number of nitrogens with zero attached hydrogens (tertiary/aromatic N) is 2. The average Bonchev–Trinajstić information content (AvgIpc) is 2.84. The number of nitrogens with two attached hydrogens (primary N) is 1. The smallest absolute Gasteiger partial charge is 0.140 e. The van der Waals surface area contributed by atoms with Crippen molar-refractivity contribution in [1.29, 1.82) is 0 Å². The summed E-state index contributed by atoms with van der Waals surface area (Å²) < 4.78 is 5.90. The van der Waals surface area contributed by atoms with Crippen molar-refractivity contribution in [3.05, 3.63) is 23.5 Å². The molecule has 2 heterocycles. The van der Waals surface area contributed by atoms with Gasteiger partial charge < -0.3 is 10.5 Å². The summed E-state index contributed by atoms with van der Waals surface area (Å²) in [4.78, 5) is 7.00. The lowest BCUT2D eigenvalue weighted by Gasteiger charge is -2.17. The molecule has 1 aliphatic rings. The Morgan fingerprint density at radius 1 is 1.37 bits per heavy atom. The number of likely N-dealkylation sites (tertiary alicyclic amines) is 1. The third-order valence-corrected chi connectivity index (χ3v) is 3.45. The standard InChI is InChI=1S/C15H25N3O/c1-12(16)11-14-15(6-5-13(2)17-14)19-10-9-18-7-3-4-8-18/h5-6,12H,3-4,7-11,16H2,1-2H3. The van der Waals surface area contributed by atoms with Crippen molar-refractivity contribution in [3.63, 3.8) is 0 Å². The van der Waals surface area contributed by atoms with E-state index in [-0.39, 0.29) is 6.04 Å². The molecule has 1 aliphatic heterocycles. The van der Waals surface area contributed by atoms with Crippen LogP contribution >= 0.6 is 0 Å². The zero-order valence-corrected chi connectivity index (χ0v) is 12.1. The molecule has 1 fully saturated rings. The van der Waals surface area contributed by atoms with Gasteiger partial charge in [-0.25, -0.2) is 0 Å². The fourth-order valence-corrected chi connectivity index (χ4v) is 2.47. The SMILES string of the molecule is Cc1ccc(OCCN2CCCC2)c(CC(C)N)n1. The highest BCUT2D eigenvalue weighted by Crippen LogP contribution is 2.18. The molecule has 0 bridgehead atoms. The van der Waals surface area contributed by atoms with Crippen molar-refractivity contribution in [1.82, 2.24) is 9.88 Å². The van der Waals surface area contributed by atoms with Crippen LogP contribution in [0.1, 0.15) is 31.2 Å². The Kier molecular flexibility index (Phi) is 5.16. The Hall–Kier alpha value is -1.13. The Balaban J connectivity index is 1.90. The highest BCUT2D eigenvalue weighted by atomic mass is 16.5. The summed E-state index contributed by atoms with van der Waals surface area (Å²) in [6.07, 6.45) is 3.41. The summed E-state index contributed by atoms with van der Waals surface area (Å²) >= 11 is 0. The van der Waals surface area contributed by atoms with Gasteiger partial charge in [0.25, 0.3) is 0 Å². The zero-order valence-electron chi connectivity index (χ0n) is 12.1. The monoisotopic (exact) mass is 263 g/mol. The lowest BCUT2D eigenvalue weighted by atomic mass is 10.1. The maximum atomic E-state index is 5.90. The van der Waals surface area contributed by atoms with E-state index in [2.05, 4.69) is 9.88 Å². The normalized spacial score (nSPS) is 17.6. The predicted octanol–water partition coefficient (Wildman–Crippen LogP) is 1.75. The third kappa shape index (κ3) is 4.48. The summed E-state index contributed by atoms with van der Waals surface area (Å²) in [6, 6.07) is 4.12. The van der Waals surface area contributed by atoms with Gasteiger partial charge in [0.05, 0.1) is 5.69 Å². The first-order valence-corrected chi connectivity index (χ1v) is 7.22. The lowest BCUT2D eigenvalue weighted by Crippen LogP contribution is -2.25. The summed E-state index contributed by atoms with van der Waals surface area (Å²) in [5.74, 6) is 0.891. The molecular weight excluding hydrogens is 238 g/mol. The third-order valence-electron chi connectivity index (χ3n) is 3.45. The number of ether oxygens (including phenoxy) is 1. The number of pyridine rings is 1. The molecule has 1 atom stereocenters. The van der Waals surface area contributed by atoms with Crippen LogP contribution in [0.15, 0.2) is 12.1 Å². The molecule has 0 saturated carbocycles. The Morgan fingerprint density at radius 3 is 2.79 bits per heavy atom. The number of aryl methyl sites for hydroxylation is 1. The molecule has 0 amide bonds. The van der Waals surface area contributed by atoms with Crippen LogP contribution in [0.25, 0.3) is 0 Å². The lowest BCUT2D eigenvalue weighted by molar-refractivity contribution is 0.235. The van der Waals surface area contributed by atoms with Gasteiger partial charge in [0, 0.05) is 24.7 Å². The number of rotatable bonds is 6. The van der Waals surface area contributed by atoms with Gasteiger partial charge in [-0.15, -0.1) is 0 Å². The molecule has 19 heavy (non-hydrogen) atoms. The van der Waals surface area contributed by atoms with Crippen LogP contribution in [-0.4, -0.2) is 42.2 Å². The van der Waals surface area contributed by atoms with E-state index in [1.807, 2.05) is 26.0 Å². The van der Waals surface area contributed by atoms with E-state index >= 15 is 0 Å². The Bertz CT molecular complexity index is 400. The fraction of sp³-hybridized carbons (Fsp3) is 0.667. The minimum Gasteiger partial charge on any atom is -0.490 e. The summed E-state index contributed by atoms with van der Waals surface area (Å²) in [5.41, 5.74) is 7.87. The molecule has 1 unspecified atom stereocenters. The molecule has 0 radical (unpaired) electrons. The molecule has 1 saturated heterocycles. The summed E-state index contributed by atoms with van der Waals surface area (Å²) in [6.45, 7) is 8.16. The number of hydrogen-bond acceptors (Lipinski definition) is 4. The maximum absolute atomic E-state index is 5.90. The van der Waals surface area contributed by atoms with Crippen molar-refractivity contribution in [2.75, 3.05) is 26.2 Å². The van der Waals surface area contributed by atoms with Gasteiger partial charge in [-0.2, -0.15) is 0 Å². The van der Waals surface area contributed by atoms with E-state index in [0.29, 0.717) is 0 Å². The molecule has 4 heteroatoms. The maximum Gasteiger partial charge on any atom is 0.140 e. The number of hydrogen-bond donors (Lipinski definition) is 1. The van der Waals surface area contributed by atoms with Crippen molar-refractivity contribution in [2.45, 2.75) is 39.2 Å². The zero-order chi connectivity index (χ0) is 13.7. The molecule has 4 nitrogen and oxygen atoms in total. The largest absolute Gasteiger partial charge is 0.490 e. The van der Waals surface area contributed by atoms with Crippen molar-refractivity contribution < 1.29 is 4.74 Å². The first-order chi connectivity index (χ1) is 9.15. The predicted molar refractivity (Wildman–Crippen MR) is 77.5 cm³/mol. The molecule has 0 aromatic carbocycles. The van der Waals surface area contributed by atoms with Gasteiger partial charge in [0.1, 0.15) is 12.4 Å². The average molecular weight is 263 g/mol. The molecule has 0 aliphatic carbocycles. The minimum absolute atomic E-state index is 0.107. The van der Waals surface area contributed by atoms with Crippen LogP contribution in [0.2, 0.25) is 0 Å². The minimum atomic E-state index is 0.107. The number of aromatic nitrogens is 1. The van der Waals surface area contributed by atoms with E-state index in [0.717, 1.165) is 36.7 Å². The quantitative estimate of drug-likeness (QED) is 0.849. The second-order valence-corrected chi connectivity index (χ2v) is 5.48. The van der Waals surface area contributed by atoms with Crippen LogP contribution in [0.5, 0.6) is 5.75 Å². The molecule has 1 aromatic heterocycles. The van der Waals surface area contributed by atoms with E-state index < -0.39 is 0 Å². The van der Waals surface area contributed by atoms with Gasteiger partial charge >= 0.3 is 0 Å². The van der Waals surface area contributed by atoms with Crippen molar-refractivity contribution >= 4 is 0 Å². The fourth-order valence-electron chi connectivity index (χ4n) is 2.47. The van der Waals surface area contributed by atoms with Gasteiger partial charge in [-0.05, 0) is 51.9 Å². The summed E-state index contributed by atoms with van der Waals surface area (Å²) in [5, 5.41) is 0. The van der Waals surface area contributed by atoms with E-state index in [1.54, 1.807) is 0 Å². The molecular formula is C15H25N3O. The first-order valence-electron chi connectivity index (χ1n) is 7.22. The van der Waals surface area contributed by atoms with Crippen molar-refractivity contribution in [2.24, 2.45) is 5.73 Å². The van der Waals surface area contributed by atoms with Gasteiger partial charge in [-0.3, -0.25) is 9.88 Å². The van der Waals surface area contributed by atoms with Crippen LogP contribution in [-0.2, 0) is 6.42 Å². The van der Waals surface area contributed by atoms with Crippen LogP contribution < -0.4 is 10.5 Å². The van der Waals surface area contributed by atoms with E-state index in [1.165, 1.54) is 25.9 Å². The highest BCUT2D eigenvalue weighted by Gasteiger charge is 2.12. The van der Waals surface area contributed by atoms with Crippen molar-refractivity contribution in [3.8, 4) is 5.75 Å². The highest BCUT2D eigenvalue weighted by molar-refractivity contribution is 5.29. The molecule has 1 aromatic rings. The van der Waals surface area contributed by atoms with Crippen LogP contribution in [0, 0.1) is 6.92 Å². The first kappa shape index (κ1) is 14.3. The molecule has 106 valence electrons. The second kappa shape index (κ2) is 6.87. The van der Waals surface area contributed by atoms with Gasteiger partial charge in [-0.1, -0.05) is 0 Å². The van der Waals surface area contributed by atoms with E-state index in [4.69, 9.17) is 10.5 Å². The molecule has 0 spiro atoms. The van der Waals surface area contributed by atoms with Crippen LogP contribution in [0.3, 0.4) is 0 Å². The van der Waals surface area contributed by atoms with E-state index in [9.17, 15) is 0 Å². The topological polar surface area (TPSA) is 51.4 Å². The van der Waals surface area contributed by atoms with Gasteiger partial charge in [0.2, 0.25) is 0 Å². The Morgan fingerprint density at radius 2 is 2.11 bits per heavy atom. The van der Waals surface area contributed by atoms with Crippen LogP contribution in [0.4, 0.5) is 0 Å².